The van der Waals surface area contributed by atoms with Gasteiger partial charge in [0.25, 0.3) is 11.8 Å². The minimum Gasteiger partial charge on any atom is -0.369 e. The predicted octanol–water partition coefficient (Wildman–Crippen LogP) is 2.95. The number of carbonyl (C=O) groups is 2. The van der Waals surface area contributed by atoms with Crippen LogP contribution in [-0.2, 0) is 6.54 Å². The molecule has 0 spiro atoms. The Labute approximate surface area is 200 Å². The number of rotatable bonds is 6. The maximum absolute atomic E-state index is 12.9. The average Bonchev–Trinajstić information content (AvgIpc) is 3.53. The molecule has 4 aromatic rings. The number of nitrogens with zero attached hydrogens (tertiary/aromatic N) is 4. The van der Waals surface area contributed by atoms with Crippen LogP contribution in [0.1, 0.15) is 26.4 Å². The quantitative estimate of drug-likeness (QED) is 0.396. The molecule has 10 heteroatoms. The molecule has 2 amide bonds. The Morgan fingerprint density at radius 3 is 2.53 bits per heavy atom. The van der Waals surface area contributed by atoms with Crippen molar-refractivity contribution in [3.8, 4) is 0 Å². The average molecular weight is 476 g/mol. The molecular formula is C24H25N7O2S. The molecule has 1 saturated heterocycles. The van der Waals surface area contributed by atoms with Crippen molar-refractivity contribution >= 4 is 45.6 Å². The number of likely N-dealkylation sites (N-methyl/N-ethyl adjacent to an activating group) is 1. The molecule has 0 radical (unpaired) electrons. The summed E-state index contributed by atoms with van der Waals surface area (Å²) in [6.07, 6.45) is 0. The van der Waals surface area contributed by atoms with Gasteiger partial charge in [0.1, 0.15) is 0 Å². The molecule has 2 aromatic heterocycles. The Morgan fingerprint density at radius 1 is 1.03 bits per heavy atom. The van der Waals surface area contributed by atoms with E-state index in [-0.39, 0.29) is 11.8 Å². The van der Waals surface area contributed by atoms with Crippen molar-refractivity contribution in [2.75, 3.05) is 43.4 Å². The van der Waals surface area contributed by atoms with Gasteiger partial charge in [-0.3, -0.25) is 14.7 Å². The molecular weight excluding hydrogens is 450 g/mol. The number of H-pyrrole nitrogens is 1. The van der Waals surface area contributed by atoms with Gasteiger partial charge in [-0.25, -0.2) is 4.98 Å². The predicted molar refractivity (Wildman–Crippen MR) is 133 cm³/mol. The first-order valence-electron chi connectivity index (χ1n) is 11.0. The van der Waals surface area contributed by atoms with Crippen LogP contribution >= 0.6 is 11.3 Å². The Bertz CT molecular complexity index is 1290. The van der Waals surface area contributed by atoms with E-state index in [1.54, 1.807) is 23.7 Å². The minimum absolute atomic E-state index is 0.215. The van der Waals surface area contributed by atoms with E-state index in [1.165, 1.54) is 11.3 Å². The van der Waals surface area contributed by atoms with E-state index in [1.807, 2.05) is 29.6 Å². The summed E-state index contributed by atoms with van der Waals surface area (Å²) in [7, 11) is 2.13. The maximum atomic E-state index is 12.9. The Kier molecular flexibility index (Phi) is 6.24. The number of carbonyl (C=O) groups excluding carboxylic acids is 2. The third-order valence-corrected chi connectivity index (χ3v) is 6.60. The number of hydrogen-bond donors (Lipinski definition) is 3. The molecule has 0 aliphatic carbocycles. The van der Waals surface area contributed by atoms with Gasteiger partial charge < -0.3 is 20.4 Å². The molecule has 2 aromatic carbocycles. The number of piperazine rings is 1. The number of anilines is 2. The van der Waals surface area contributed by atoms with Crippen molar-refractivity contribution < 1.29 is 9.59 Å². The third kappa shape index (κ3) is 4.78. The summed E-state index contributed by atoms with van der Waals surface area (Å²) in [4.78, 5) is 34.3. The van der Waals surface area contributed by atoms with E-state index in [2.05, 4.69) is 42.7 Å². The second kappa shape index (κ2) is 9.62. The van der Waals surface area contributed by atoms with Crippen LogP contribution in [0.15, 0.2) is 53.4 Å². The Morgan fingerprint density at radius 2 is 1.79 bits per heavy atom. The molecule has 3 N–H and O–H groups in total. The van der Waals surface area contributed by atoms with Gasteiger partial charge in [-0.1, -0.05) is 0 Å². The highest BCUT2D eigenvalue weighted by Gasteiger charge is 2.16. The van der Waals surface area contributed by atoms with E-state index >= 15 is 0 Å². The lowest BCUT2D eigenvalue weighted by molar-refractivity contribution is 0.0950. The SMILES string of the molecule is CN1CCN(c2ccc(C(=O)Nc3n[nH]c4ccc(C(=O)NCc5cscn5)cc34)cc2)CC1. The molecule has 1 aliphatic rings. The largest absolute Gasteiger partial charge is 0.369 e. The summed E-state index contributed by atoms with van der Waals surface area (Å²) in [6.45, 7) is 4.36. The molecule has 174 valence electrons. The summed E-state index contributed by atoms with van der Waals surface area (Å²) >= 11 is 1.48. The van der Waals surface area contributed by atoms with Gasteiger partial charge in [0.15, 0.2) is 5.82 Å². The van der Waals surface area contributed by atoms with Crippen molar-refractivity contribution in [3.63, 3.8) is 0 Å². The minimum atomic E-state index is -0.253. The van der Waals surface area contributed by atoms with Gasteiger partial charge in [0.2, 0.25) is 0 Å². The first-order chi connectivity index (χ1) is 16.6. The van der Waals surface area contributed by atoms with Crippen LogP contribution in [0.3, 0.4) is 0 Å². The van der Waals surface area contributed by atoms with E-state index in [4.69, 9.17) is 0 Å². The van der Waals surface area contributed by atoms with Gasteiger partial charge in [0, 0.05) is 53.8 Å². The van der Waals surface area contributed by atoms with Crippen molar-refractivity contribution in [2.24, 2.45) is 0 Å². The fourth-order valence-corrected chi connectivity index (χ4v) is 4.47. The second-order valence-electron chi connectivity index (χ2n) is 8.29. The summed E-state index contributed by atoms with van der Waals surface area (Å²) in [5.41, 5.74) is 5.42. The van der Waals surface area contributed by atoms with E-state index < -0.39 is 0 Å². The van der Waals surface area contributed by atoms with Crippen LogP contribution in [0.5, 0.6) is 0 Å². The van der Waals surface area contributed by atoms with Crippen LogP contribution in [0, 0.1) is 0 Å². The molecule has 3 heterocycles. The van der Waals surface area contributed by atoms with E-state index in [0.29, 0.717) is 28.9 Å². The van der Waals surface area contributed by atoms with Crippen molar-refractivity contribution in [2.45, 2.75) is 6.54 Å². The van der Waals surface area contributed by atoms with Gasteiger partial charge in [-0.05, 0) is 49.5 Å². The van der Waals surface area contributed by atoms with Crippen LogP contribution < -0.4 is 15.5 Å². The zero-order chi connectivity index (χ0) is 23.5. The van der Waals surface area contributed by atoms with Gasteiger partial charge in [-0.2, -0.15) is 5.10 Å². The lowest BCUT2D eigenvalue weighted by Gasteiger charge is -2.34. The molecule has 0 unspecified atom stereocenters. The first kappa shape index (κ1) is 22.1. The van der Waals surface area contributed by atoms with Crippen molar-refractivity contribution in [1.82, 2.24) is 25.4 Å². The molecule has 34 heavy (non-hydrogen) atoms. The third-order valence-electron chi connectivity index (χ3n) is 5.97. The van der Waals surface area contributed by atoms with Crippen molar-refractivity contribution in [1.29, 1.82) is 0 Å². The van der Waals surface area contributed by atoms with Crippen LogP contribution in [-0.4, -0.2) is 65.1 Å². The first-order valence-corrected chi connectivity index (χ1v) is 12.0. The zero-order valence-corrected chi connectivity index (χ0v) is 19.6. The van der Waals surface area contributed by atoms with E-state index in [9.17, 15) is 9.59 Å². The van der Waals surface area contributed by atoms with Crippen LogP contribution in [0.25, 0.3) is 10.9 Å². The van der Waals surface area contributed by atoms with Crippen LogP contribution in [0.2, 0.25) is 0 Å². The molecule has 1 fully saturated rings. The smallest absolute Gasteiger partial charge is 0.256 e. The Balaban J connectivity index is 1.27. The number of aromatic nitrogens is 3. The summed E-state index contributed by atoms with van der Waals surface area (Å²) in [5.74, 6) is -0.0816. The molecule has 0 saturated carbocycles. The molecule has 9 nitrogen and oxygen atoms in total. The van der Waals surface area contributed by atoms with Crippen LogP contribution in [0.4, 0.5) is 11.5 Å². The maximum Gasteiger partial charge on any atom is 0.256 e. The monoisotopic (exact) mass is 475 g/mol. The van der Waals surface area contributed by atoms with E-state index in [0.717, 1.165) is 43.1 Å². The number of hydrogen-bond acceptors (Lipinski definition) is 7. The Hall–Kier alpha value is -3.76. The zero-order valence-electron chi connectivity index (χ0n) is 18.7. The summed E-state index contributed by atoms with van der Waals surface area (Å²) in [5, 5.41) is 15.4. The molecule has 0 atom stereocenters. The lowest BCUT2D eigenvalue weighted by atomic mass is 10.1. The van der Waals surface area contributed by atoms with Crippen molar-refractivity contribution in [3.05, 3.63) is 70.2 Å². The van der Waals surface area contributed by atoms with Gasteiger partial charge in [0.05, 0.1) is 23.3 Å². The standard InChI is InChI=1S/C24H25N7O2S/c1-30-8-10-31(11-9-30)19-5-2-16(3-6-19)24(33)27-22-20-12-17(4-7-21(20)28-29-22)23(32)25-13-18-14-34-15-26-18/h2-7,12,14-15H,8-11,13H2,1H3,(H,25,32)(H2,27,28,29,33). The molecule has 1 aliphatic heterocycles. The number of aromatic amines is 1. The number of thiazole rings is 1. The normalized spacial score (nSPS) is 14.3. The highest BCUT2D eigenvalue weighted by Crippen LogP contribution is 2.23. The van der Waals surface area contributed by atoms with Gasteiger partial charge >= 0.3 is 0 Å². The van der Waals surface area contributed by atoms with Gasteiger partial charge in [-0.15, -0.1) is 11.3 Å². The number of benzene rings is 2. The topological polar surface area (TPSA) is 106 Å². The summed E-state index contributed by atoms with van der Waals surface area (Å²) < 4.78 is 0. The lowest BCUT2D eigenvalue weighted by Crippen LogP contribution is -2.44. The number of nitrogens with one attached hydrogen (secondary N) is 3. The number of amides is 2. The highest BCUT2D eigenvalue weighted by atomic mass is 32.1. The molecule has 0 bridgehead atoms. The number of fused-ring (bicyclic) bond motifs is 1. The molecule has 5 rings (SSSR count). The fraction of sp³-hybridized carbons (Fsp3) is 0.250. The fourth-order valence-electron chi connectivity index (χ4n) is 3.92. The second-order valence-corrected chi connectivity index (χ2v) is 9.01. The highest BCUT2D eigenvalue weighted by molar-refractivity contribution is 7.07. The summed E-state index contributed by atoms with van der Waals surface area (Å²) in [6, 6.07) is 12.8.